The topological polar surface area (TPSA) is 89.4 Å². The van der Waals surface area contributed by atoms with Crippen LogP contribution in [0.15, 0.2) is 0 Å². The first-order valence-corrected chi connectivity index (χ1v) is 6.23. The Morgan fingerprint density at radius 2 is 1.88 bits per heavy atom. The van der Waals surface area contributed by atoms with E-state index in [-0.39, 0.29) is 17.7 Å². The lowest BCUT2D eigenvalue weighted by Crippen LogP contribution is -2.49. The van der Waals surface area contributed by atoms with Crippen molar-refractivity contribution in [1.82, 2.24) is 4.90 Å². The number of hydrogen-bond acceptors (Lipinski definition) is 3. The van der Waals surface area contributed by atoms with Crippen LogP contribution in [-0.2, 0) is 9.59 Å². The molecule has 1 fully saturated rings. The van der Waals surface area contributed by atoms with Crippen molar-refractivity contribution in [2.45, 2.75) is 33.1 Å². The van der Waals surface area contributed by atoms with Crippen LogP contribution in [0.5, 0.6) is 0 Å². The maximum atomic E-state index is 12.3. The number of nitrogens with zero attached hydrogens (tertiary/aromatic N) is 1. The van der Waals surface area contributed by atoms with E-state index in [0.29, 0.717) is 32.5 Å². The third-order valence-corrected chi connectivity index (χ3v) is 3.93. The van der Waals surface area contributed by atoms with Crippen molar-refractivity contribution >= 4 is 11.8 Å². The third-order valence-electron chi connectivity index (χ3n) is 3.93. The van der Waals surface area contributed by atoms with Crippen LogP contribution >= 0.6 is 0 Å². The van der Waals surface area contributed by atoms with Gasteiger partial charge in [0, 0.05) is 25.6 Å². The lowest BCUT2D eigenvalue weighted by molar-refractivity contribution is -0.143. The first kappa shape index (κ1) is 14.0. The molecule has 0 aromatic rings. The first-order valence-electron chi connectivity index (χ1n) is 6.23. The number of amides is 2. The monoisotopic (exact) mass is 241 g/mol. The first-order chi connectivity index (χ1) is 7.94. The summed E-state index contributed by atoms with van der Waals surface area (Å²) in [5, 5.41) is 0. The Labute approximate surface area is 103 Å². The number of piperidine rings is 1. The molecule has 1 unspecified atom stereocenters. The van der Waals surface area contributed by atoms with Crippen molar-refractivity contribution < 1.29 is 9.59 Å². The average molecular weight is 241 g/mol. The van der Waals surface area contributed by atoms with Crippen LogP contribution in [0.1, 0.15) is 33.1 Å². The van der Waals surface area contributed by atoms with Gasteiger partial charge < -0.3 is 16.4 Å². The van der Waals surface area contributed by atoms with E-state index in [1.807, 2.05) is 18.7 Å². The minimum absolute atomic E-state index is 0.0789. The van der Waals surface area contributed by atoms with Crippen molar-refractivity contribution in [3.05, 3.63) is 0 Å². The Morgan fingerprint density at radius 1 is 1.35 bits per heavy atom. The molecule has 1 heterocycles. The number of nitrogens with two attached hydrogens (primary N) is 2. The van der Waals surface area contributed by atoms with Gasteiger partial charge in [0.2, 0.25) is 11.8 Å². The highest BCUT2D eigenvalue weighted by Gasteiger charge is 2.36. The zero-order valence-electron chi connectivity index (χ0n) is 10.7. The van der Waals surface area contributed by atoms with E-state index >= 15 is 0 Å². The molecule has 5 nitrogen and oxygen atoms in total. The van der Waals surface area contributed by atoms with Crippen LogP contribution in [0, 0.1) is 11.3 Å². The second-order valence-corrected chi connectivity index (χ2v) is 5.09. The molecule has 0 aromatic carbocycles. The van der Waals surface area contributed by atoms with Gasteiger partial charge in [-0.3, -0.25) is 9.59 Å². The van der Waals surface area contributed by atoms with Crippen LogP contribution in [0.3, 0.4) is 0 Å². The van der Waals surface area contributed by atoms with E-state index in [1.165, 1.54) is 0 Å². The summed E-state index contributed by atoms with van der Waals surface area (Å²) in [6, 6.07) is 0. The molecular formula is C12H23N3O2. The van der Waals surface area contributed by atoms with Crippen LogP contribution < -0.4 is 11.5 Å². The van der Waals surface area contributed by atoms with Gasteiger partial charge in [0.1, 0.15) is 0 Å². The van der Waals surface area contributed by atoms with E-state index in [4.69, 9.17) is 11.5 Å². The zero-order valence-corrected chi connectivity index (χ0v) is 10.7. The molecule has 1 saturated heterocycles. The lowest BCUT2D eigenvalue weighted by atomic mass is 9.84. The van der Waals surface area contributed by atoms with Crippen LogP contribution in [0.2, 0.25) is 0 Å². The molecule has 0 spiro atoms. The van der Waals surface area contributed by atoms with Crippen molar-refractivity contribution in [3.8, 4) is 0 Å². The van der Waals surface area contributed by atoms with E-state index in [1.54, 1.807) is 0 Å². The second kappa shape index (κ2) is 5.49. The number of rotatable bonds is 4. The predicted octanol–water partition coefficient (Wildman–Crippen LogP) is 0.0853. The number of primary amides is 1. The van der Waals surface area contributed by atoms with Crippen LogP contribution in [0.4, 0.5) is 0 Å². The fourth-order valence-electron chi connectivity index (χ4n) is 2.13. The summed E-state index contributed by atoms with van der Waals surface area (Å²) in [5.74, 6) is -0.232. The summed E-state index contributed by atoms with van der Waals surface area (Å²) in [6.45, 7) is 5.46. The van der Waals surface area contributed by atoms with E-state index in [2.05, 4.69) is 0 Å². The van der Waals surface area contributed by atoms with Crippen molar-refractivity contribution in [1.29, 1.82) is 0 Å². The van der Waals surface area contributed by atoms with E-state index in [0.717, 1.165) is 6.42 Å². The van der Waals surface area contributed by atoms with Crippen LogP contribution in [0.25, 0.3) is 0 Å². The van der Waals surface area contributed by atoms with Gasteiger partial charge in [-0.2, -0.15) is 0 Å². The quantitative estimate of drug-likeness (QED) is 0.730. The van der Waals surface area contributed by atoms with Gasteiger partial charge in [-0.15, -0.1) is 0 Å². The molecule has 1 aliphatic rings. The number of carbonyl (C=O) groups is 2. The fraction of sp³-hybridized carbons (Fsp3) is 0.833. The number of hydrogen-bond donors (Lipinski definition) is 2. The van der Waals surface area contributed by atoms with Gasteiger partial charge in [-0.1, -0.05) is 6.92 Å². The average Bonchev–Trinajstić information content (AvgIpc) is 2.37. The Balaban J connectivity index is 2.60. The molecule has 2 amide bonds. The van der Waals surface area contributed by atoms with Crippen molar-refractivity contribution in [2.24, 2.45) is 22.8 Å². The molecule has 0 bridgehead atoms. The number of carbonyl (C=O) groups excluding carboxylic acids is 2. The predicted molar refractivity (Wildman–Crippen MR) is 66.0 cm³/mol. The summed E-state index contributed by atoms with van der Waals surface area (Å²) in [6.07, 6.45) is 2.08. The third kappa shape index (κ3) is 2.97. The second-order valence-electron chi connectivity index (χ2n) is 5.09. The van der Waals surface area contributed by atoms with Crippen molar-refractivity contribution in [2.75, 3.05) is 19.6 Å². The van der Waals surface area contributed by atoms with Gasteiger partial charge in [0.25, 0.3) is 0 Å². The molecule has 0 aliphatic carbocycles. The summed E-state index contributed by atoms with van der Waals surface area (Å²) < 4.78 is 0. The van der Waals surface area contributed by atoms with Crippen LogP contribution in [-0.4, -0.2) is 36.3 Å². The smallest absolute Gasteiger partial charge is 0.229 e. The standard InChI is InChI=1S/C12H23N3O2/c1-3-12(2,8-13)11(17)15-6-4-9(5-7-15)10(14)16/h9H,3-8,13H2,1-2H3,(H2,14,16). The Morgan fingerprint density at radius 3 is 2.24 bits per heavy atom. The maximum absolute atomic E-state index is 12.3. The van der Waals surface area contributed by atoms with Gasteiger partial charge in [-0.25, -0.2) is 0 Å². The molecule has 1 aliphatic heterocycles. The number of likely N-dealkylation sites (tertiary alicyclic amines) is 1. The van der Waals surface area contributed by atoms with Gasteiger partial charge in [0.15, 0.2) is 0 Å². The van der Waals surface area contributed by atoms with Gasteiger partial charge >= 0.3 is 0 Å². The molecule has 0 aromatic heterocycles. The normalized spacial score (nSPS) is 21.0. The molecule has 1 rings (SSSR count). The molecule has 17 heavy (non-hydrogen) atoms. The minimum atomic E-state index is -0.473. The molecule has 0 radical (unpaired) electrons. The summed E-state index contributed by atoms with van der Waals surface area (Å²) in [7, 11) is 0. The highest BCUT2D eigenvalue weighted by atomic mass is 16.2. The Bertz CT molecular complexity index is 292. The molecular weight excluding hydrogens is 218 g/mol. The molecule has 98 valence electrons. The largest absolute Gasteiger partial charge is 0.369 e. The molecule has 0 saturated carbocycles. The summed E-state index contributed by atoms with van der Waals surface area (Å²) in [4.78, 5) is 25.1. The highest BCUT2D eigenvalue weighted by Crippen LogP contribution is 2.26. The van der Waals surface area contributed by atoms with E-state index in [9.17, 15) is 9.59 Å². The van der Waals surface area contributed by atoms with Gasteiger partial charge in [0.05, 0.1) is 5.41 Å². The molecule has 5 heteroatoms. The summed E-state index contributed by atoms with van der Waals surface area (Å²) >= 11 is 0. The lowest BCUT2D eigenvalue weighted by Gasteiger charge is -2.37. The van der Waals surface area contributed by atoms with Crippen molar-refractivity contribution in [3.63, 3.8) is 0 Å². The molecule has 1 atom stereocenters. The van der Waals surface area contributed by atoms with Gasteiger partial charge in [-0.05, 0) is 26.2 Å². The minimum Gasteiger partial charge on any atom is -0.369 e. The zero-order chi connectivity index (χ0) is 13.1. The van der Waals surface area contributed by atoms with E-state index < -0.39 is 5.41 Å². The fourth-order valence-corrected chi connectivity index (χ4v) is 2.13. The molecule has 4 N–H and O–H groups in total. The highest BCUT2D eigenvalue weighted by molar-refractivity contribution is 5.83. The summed E-state index contributed by atoms with van der Waals surface area (Å²) in [5.41, 5.74) is 10.5. The Hall–Kier alpha value is -1.10. The maximum Gasteiger partial charge on any atom is 0.229 e. The Kier molecular flexibility index (Phi) is 4.51. The SMILES string of the molecule is CCC(C)(CN)C(=O)N1CCC(C(N)=O)CC1.